The van der Waals surface area contributed by atoms with Crippen LogP contribution >= 0.6 is 0 Å². The molecule has 6 rings (SSSR count). The van der Waals surface area contributed by atoms with Gasteiger partial charge in [-0.15, -0.1) is 0 Å². The smallest absolute Gasteiger partial charge is 0.224 e. The molecule has 1 saturated carbocycles. The number of benzene rings is 2. The molecule has 2 N–H and O–H groups in total. The van der Waals surface area contributed by atoms with Gasteiger partial charge in [0.25, 0.3) is 0 Å². The number of amides is 1. The van der Waals surface area contributed by atoms with E-state index in [9.17, 15) is 9.18 Å². The summed E-state index contributed by atoms with van der Waals surface area (Å²) < 4.78 is 22.1. The third-order valence-corrected chi connectivity index (χ3v) is 8.00. The SMILES string of the molecule is CC(C(N)=O)c1ccccc1CCC12CCC3=Cc4c(ccn4-c4ccc(F)cc4)CC31O2. The zero-order valence-corrected chi connectivity index (χ0v) is 18.7. The number of carbonyl (C=O) groups is 1. The molecule has 1 amide bonds. The minimum atomic E-state index is -0.296. The van der Waals surface area contributed by atoms with E-state index >= 15 is 0 Å². The monoisotopic (exact) mass is 442 g/mol. The molecule has 2 aliphatic carbocycles. The molecule has 3 atom stereocenters. The van der Waals surface area contributed by atoms with E-state index in [4.69, 9.17) is 10.5 Å². The van der Waals surface area contributed by atoms with Gasteiger partial charge in [0, 0.05) is 24.0 Å². The molecular formula is C28H27FN2O2. The number of epoxide rings is 1. The Morgan fingerprint density at radius 3 is 2.76 bits per heavy atom. The van der Waals surface area contributed by atoms with E-state index in [1.54, 1.807) is 0 Å². The number of nitrogens with two attached hydrogens (primary N) is 1. The number of halogens is 1. The number of aryl methyl sites for hydroxylation is 1. The van der Waals surface area contributed by atoms with Crippen LogP contribution in [0.5, 0.6) is 0 Å². The second-order valence-corrected chi connectivity index (χ2v) is 9.67. The molecule has 2 aromatic carbocycles. The summed E-state index contributed by atoms with van der Waals surface area (Å²) in [6.07, 6.45) is 9.09. The van der Waals surface area contributed by atoms with Gasteiger partial charge in [-0.25, -0.2) is 4.39 Å². The Bertz CT molecular complexity index is 1290. The van der Waals surface area contributed by atoms with Crippen LogP contribution in [0.1, 0.15) is 54.5 Å². The van der Waals surface area contributed by atoms with Crippen LogP contribution < -0.4 is 5.73 Å². The molecule has 1 saturated heterocycles. The molecule has 3 aromatic rings. The summed E-state index contributed by atoms with van der Waals surface area (Å²) in [7, 11) is 0. The third-order valence-electron chi connectivity index (χ3n) is 8.00. The number of hydrogen-bond acceptors (Lipinski definition) is 2. The van der Waals surface area contributed by atoms with Gasteiger partial charge in [-0.2, -0.15) is 0 Å². The number of fused-ring (bicyclic) bond motifs is 1. The average Bonchev–Trinajstić information content (AvgIpc) is 3.09. The number of primary amides is 1. The van der Waals surface area contributed by atoms with Crippen molar-refractivity contribution >= 4 is 12.0 Å². The van der Waals surface area contributed by atoms with Gasteiger partial charge in [-0.1, -0.05) is 24.3 Å². The number of hydrogen-bond donors (Lipinski definition) is 1. The molecule has 0 radical (unpaired) electrons. The maximum atomic E-state index is 13.4. The second kappa shape index (κ2) is 7.16. The highest BCUT2D eigenvalue weighted by molar-refractivity contribution is 5.81. The Morgan fingerprint density at radius 2 is 1.97 bits per heavy atom. The Labute approximate surface area is 192 Å². The first kappa shape index (κ1) is 20.4. The van der Waals surface area contributed by atoms with Crippen molar-refractivity contribution in [3.8, 4) is 5.69 Å². The molecule has 5 heteroatoms. The molecule has 33 heavy (non-hydrogen) atoms. The number of ether oxygens (including phenoxy) is 1. The van der Waals surface area contributed by atoms with Crippen LogP contribution in [0.4, 0.5) is 4.39 Å². The molecule has 3 aliphatic rings. The van der Waals surface area contributed by atoms with E-state index in [1.165, 1.54) is 34.5 Å². The zero-order valence-electron chi connectivity index (χ0n) is 18.7. The summed E-state index contributed by atoms with van der Waals surface area (Å²) in [5.41, 5.74) is 12.2. The molecule has 1 aromatic heterocycles. The summed E-state index contributed by atoms with van der Waals surface area (Å²) in [6.45, 7) is 1.87. The van der Waals surface area contributed by atoms with Gasteiger partial charge in [-0.3, -0.25) is 4.79 Å². The highest BCUT2D eigenvalue weighted by Gasteiger charge is 2.74. The van der Waals surface area contributed by atoms with Crippen molar-refractivity contribution in [2.24, 2.45) is 5.73 Å². The molecular weight excluding hydrogens is 415 g/mol. The number of aromatic nitrogens is 1. The Hall–Kier alpha value is -3.18. The number of nitrogens with zero attached hydrogens (tertiary/aromatic N) is 1. The normalized spacial score (nSPS) is 25.6. The fourth-order valence-corrected chi connectivity index (χ4v) is 6.07. The first-order valence-electron chi connectivity index (χ1n) is 11.7. The predicted molar refractivity (Wildman–Crippen MR) is 126 cm³/mol. The van der Waals surface area contributed by atoms with Crippen LogP contribution in [0.25, 0.3) is 11.8 Å². The molecule has 3 unspecified atom stereocenters. The van der Waals surface area contributed by atoms with Crippen LogP contribution in [0.15, 0.2) is 66.4 Å². The van der Waals surface area contributed by atoms with Crippen molar-refractivity contribution in [1.29, 1.82) is 0 Å². The van der Waals surface area contributed by atoms with Crippen molar-refractivity contribution in [2.45, 2.75) is 56.1 Å². The molecule has 2 heterocycles. The standard InChI is InChI=1S/C28H27FN2O2/c1-18(26(30)32)24-5-3-2-4-19(24)10-13-27-14-11-21-16-25-20(17-28(21,27)33-27)12-15-31(25)23-8-6-22(29)7-9-23/h2-9,12,15-16,18H,10-11,13-14,17H2,1H3,(H2,30,32). The summed E-state index contributed by atoms with van der Waals surface area (Å²) in [5.74, 6) is -0.817. The van der Waals surface area contributed by atoms with Crippen LogP contribution in [0.3, 0.4) is 0 Å². The second-order valence-electron chi connectivity index (χ2n) is 9.67. The molecule has 168 valence electrons. The molecule has 4 nitrogen and oxygen atoms in total. The minimum Gasteiger partial charge on any atom is -0.369 e. The average molecular weight is 443 g/mol. The molecule has 1 spiro atoms. The highest BCUT2D eigenvalue weighted by Crippen LogP contribution is 2.67. The lowest BCUT2D eigenvalue weighted by atomic mass is 9.80. The van der Waals surface area contributed by atoms with Crippen molar-refractivity contribution in [3.05, 3.63) is 94.6 Å². The third kappa shape index (κ3) is 3.02. The largest absolute Gasteiger partial charge is 0.369 e. The number of rotatable bonds is 6. The first-order chi connectivity index (χ1) is 15.9. The summed E-state index contributed by atoms with van der Waals surface area (Å²) >= 11 is 0. The Morgan fingerprint density at radius 1 is 1.18 bits per heavy atom. The predicted octanol–water partition coefficient (Wildman–Crippen LogP) is 5.08. The van der Waals surface area contributed by atoms with Gasteiger partial charge in [0.05, 0.1) is 5.92 Å². The summed E-state index contributed by atoms with van der Waals surface area (Å²) in [4.78, 5) is 11.8. The van der Waals surface area contributed by atoms with Crippen LogP contribution in [0.2, 0.25) is 0 Å². The van der Waals surface area contributed by atoms with E-state index < -0.39 is 0 Å². The van der Waals surface area contributed by atoms with Crippen molar-refractivity contribution < 1.29 is 13.9 Å². The minimum absolute atomic E-state index is 0.127. The lowest BCUT2D eigenvalue weighted by Crippen LogP contribution is -2.27. The summed E-state index contributed by atoms with van der Waals surface area (Å²) in [6, 6.07) is 16.9. The first-order valence-corrected chi connectivity index (χ1v) is 11.7. The molecule has 0 bridgehead atoms. The van der Waals surface area contributed by atoms with Gasteiger partial charge in [0.15, 0.2) is 0 Å². The lowest BCUT2D eigenvalue weighted by molar-refractivity contribution is -0.119. The quantitative estimate of drug-likeness (QED) is 0.541. The van der Waals surface area contributed by atoms with Crippen molar-refractivity contribution in [2.75, 3.05) is 0 Å². The van der Waals surface area contributed by atoms with Gasteiger partial charge in [0.1, 0.15) is 17.0 Å². The van der Waals surface area contributed by atoms with Gasteiger partial charge >= 0.3 is 0 Å². The lowest BCUT2D eigenvalue weighted by Gasteiger charge is -2.21. The topological polar surface area (TPSA) is 60.6 Å². The maximum absolute atomic E-state index is 13.4. The van der Waals surface area contributed by atoms with E-state index in [-0.39, 0.29) is 28.8 Å². The Kier molecular flexibility index (Phi) is 4.43. The maximum Gasteiger partial charge on any atom is 0.224 e. The van der Waals surface area contributed by atoms with Crippen molar-refractivity contribution in [3.63, 3.8) is 0 Å². The Balaban J connectivity index is 1.25. The highest BCUT2D eigenvalue weighted by atomic mass is 19.1. The van der Waals surface area contributed by atoms with E-state index in [1.807, 2.05) is 37.3 Å². The van der Waals surface area contributed by atoms with E-state index in [2.05, 4.69) is 29.0 Å². The van der Waals surface area contributed by atoms with Crippen LogP contribution in [-0.4, -0.2) is 21.7 Å². The number of carbonyl (C=O) groups excluding carboxylic acids is 1. The van der Waals surface area contributed by atoms with Gasteiger partial charge in [-0.05, 0) is 91.3 Å². The molecule has 1 aliphatic heterocycles. The van der Waals surface area contributed by atoms with Crippen molar-refractivity contribution in [1.82, 2.24) is 4.57 Å². The van der Waals surface area contributed by atoms with Gasteiger partial charge in [0.2, 0.25) is 5.91 Å². The van der Waals surface area contributed by atoms with E-state index in [0.717, 1.165) is 43.4 Å². The fourth-order valence-electron chi connectivity index (χ4n) is 6.07. The molecule has 2 fully saturated rings. The fraction of sp³-hybridized carbons (Fsp3) is 0.321. The van der Waals surface area contributed by atoms with Crippen LogP contribution in [-0.2, 0) is 22.4 Å². The summed E-state index contributed by atoms with van der Waals surface area (Å²) in [5, 5.41) is 0. The van der Waals surface area contributed by atoms with E-state index in [0.29, 0.717) is 0 Å². The van der Waals surface area contributed by atoms with Gasteiger partial charge < -0.3 is 15.0 Å². The zero-order chi connectivity index (χ0) is 22.8. The van der Waals surface area contributed by atoms with Crippen LogP contribution in [0, 0.1) is 5.82 Å².